The Balaban J connectivity index is 1.03. The molecule has 13 atom stereocenters. The van der Waals surface area contributed by atoms with Gasteiger partial charge in [-0.1, -0.05) is 79.6 Å². The fourth-order valence-corrected chi connectivity index (χ4v) is 11.4. The molecule has 0 radical (unpaired) electrons. The van der Waals surface area contributed by atoms with Gasteiger partial charge in [0.1, 0.15) is 41.8 Å². The highest BCUT2D eigenvalue weighted by Crippen LogP contribution is 2.56. The zero-order valence-corrected chi connectivity index (χ0v) is 45.7. The topological polar surface area (TPSA) is 200 Å². The molecule has 1 saturated heterocycles. The monoisotopic (exact) mass is 1070 g/mol. The van der Waals surface area contributed by atoms with Crippen molar-refractivity contribution in [3.63, 3.8) is 0 Å². The van der Waals surface area contributed by atoms with Crippen LogP contribution in [0.25, 0.3) is 0 Å². The number of fused-ring (bicyclic) bond motifs is 2. The number of ether oxygens (including phenoxy) is 7. The van der Waals surface area contributed by atoms with Crippen LogP contribution in [0, 0.1) is 29.1 Å². The quantitative estimate of drug-likeness (QED) is 0.0305. The Kier molecular flexibility index (Phi) is 20.2. The number of benzene rings is 3. The summed E-state index contributed by atoms with van der Waals surface area (Å²) in [4.78, 5) is 40.0. The molecule has 1 amide bonds. The number of esters is 2. The summed E-state index contributed by atoms with van der Waals surface area (Å²) in [7, 11) is 1.67. The van der Waals surface area contributed by atoms with Crippen LogP contribution in [0.15, 0.2) is 114 Å². The lowest BCUT2D eigenvalue weighted by Gasteiger charge is -2.47. The smallest absolute Gasteiger partial charge is 0.306 e. The summed E-state index contributed by atoms with van der Waals surface area (Å²) >= 11 is 5.95. The van der Waals surface area contributed by atoms with Crippen molar-refractivity contribution in [2.75, 3.05) is 37.7 Å². The van der Waals surface area contributed by atoms with E-state index in [9.17, 15) is 34.8 Å². The van der Waals surface area contributed by atoms with E-state index in [4.69, 9.17) is 44.8 Å². The molecule has 3 aromatic carbocycles. The third-order valence-corrected chi connectivity index (χ3v) is 16.0. The van der Waals surface area contributed by atoms with Gasteiger partial charge >= 0.3 is 11.9 Å². The van der Waals surface area contributed by atoms with Crippen LogP contribution in [0.1, 0.15) is 91.2 Å². The Morgan fingerprint density at radius 1 is 0.921 bits per heavy atom. The number of alkyl halides is 1. The number of hydrogen-bond acceptors (Lipinski definition) is 14. The molecule has 1 heterocycles. The summed E-state index contributed by atoms with van der Waals surface area (Å²) in [6, 6.07) is 24.6. The standard InChI is InChI=1S/C60H78ClNO14/c1-9-59(5,6)72-35-48-54(68)57(75-51(66)18-14-13-15-39-19-24-43(25-20-39)73-44-26-22-42(23-27-44)62(50(65)31-61)32-40-16-11-10-12-17-40)55(69)58(74-48)76-56-52-46(36(2)33-71-38(4)63)29-49(64)60(52,7)30-47-41(34-70-8)21-28-45(47)37(3)53(56)67/h9-12,16-17,19-20,22-27,30,36-37,41,45,48-49,53-58,64,67-69H,1,13-15,18,21,28-29,31-35H2,2-8H3/b47-30-/t36-,37-,41-,45+,48?,49+,53-,54?,55?,56-,57?,58?,60+/m1/s1. The molecule has 15 nitrogen and oxygen atoms in total. The summed E-state index contributed by atoms with van der Waals surface area (Å²) in [6.45, 7) is 15.3. The van der Waals surface area contributed by atoms with E-state index in [1.54, 1.807) is 44.1 Å². The SMILES string of the molecule is C=CC(C)(C)OCC1OC(O[C@@H]2C3=C([C@H](C)COC(C)=O)C[C@H](O)[C@]3(C)/C=C3/[C@@H](COC)CC[C@H]3[C@@H](C)[C@H]2O)C(O)C(OC(=O)CCCCc2ccc(Oc3ccc(N(Cc4ccccc4)C(=O)CCl)cc3)cc2)C1O. The van der Waals surface area contributed by atoms with E-state index in [0.717, 1.165) is 35.1 Å². The molecule has 3 aromatic rings. The maximum atomic E-state index is 13.7. The predicted octanol–water partition coefficient (Wildman–Crippen LogP) is 8.56. The first-order valence-electron chi connectivity index (χ1n) is 26.6. The van der Waals surface area contributed by atoms with Gasteiger partial charge in [0, 0.05) is 43.4 Å². The Labute approximate surface area is 452 Å². The van der Waals surface area contributed by atoms with E-state index in [1.165, 1.54) is 6.92 Å². The van der Waals surface area contributed by atoms with Crippen LogP contribution < -0.4 is 9.64 Å². The first-order valence-corrected chi connectivity index (χ1v) is 27.2. The van der Waals surface area contributed by atoms with Crippen molar-refractivity contribution in [2.45, 2.75) is 148 Å². The first-order chi connectivity index (χ1) is 36.3. The molecule has 0 aromatic heterocycles. The molecule has 1 saturated carbocycles. The van der Waals surface area contributed by atoms with Crippen molar-refractivity contribution in [1.82, 2.24) is 0 Å². The number of carbonyl (C=O) groups is 3. The number of halogens is 1. The van der Waals surface area contributed by atoms with Gasteiger partial charge in [0.15, 0.2) is 12.4 Å². The zero-order valence-electron chi connectivity index (χ0n) is 45.0. The Bertz CT molecular complexity index is 2500. The van der Waals surface area contributed by atoms with E-state index < -0.39 is 72.0 Å². The summed E-state index contributed by atoms with van der Waals surface area (Å²) < 4.78 is 42.5. The van der Waals surface area contributed by atoms with Crippen molar-refractivity contribution in [3.05, 3.63) is 125 Å². The van der Waals surface area contributed by atoms with Gasteiger partial charge in [0.05, 0.1) is 44.2 Å². The van der Waals surface area contributed by atoms with Crippen molar-refractivity contribution in [3.8, 4) is 11.5 Å². The van der Waals surface area contributed by atoms with Crippen molar-refractivity contribution in [1.29, 1.82) is 0 Å². The van der Waals surface area contributed by atoms with Crippen LogP contribution in [0.3, 0.4) is 0 Å². The minimum absolute atomic E-state index is 0.00483. The highest BCUT2D eigenvalue weighted by Gasteiger charge is 2.56. The van der Waals surface area contributed by atoms with Crippen molar-refractivity contribution >= 4 is 35.1 Å². The number of amides is 1. The van der Waals surface area contributed by atoms with Crippen LogP contribution in [0.4, 0.5) is 5.69 Å². The molecule has 414 valence electrons. The highest BCUT2D eigenvalue weighted by molar-refractivity contribution is 6.29. The van der Waals surface area contributed by atoms with E-state index in [2.05, 4.69) is 12.7 Å². The normalized spacial score (nSPS) is 29.5. The number of methoxy groups -OCH3 is 1. The van der Waals surface area contributed by atoms with Gasteiger partial charge in [0.25, 0.3) is 0 Å². The number of aliphatic hydroxyl groups is 4. The van der Waals surface area contributed by atoms with Crippen LogP contribution >= 0.6 is 11.6 Å². The maximum absolute atomic E-state index is 13.7. The van der Waals surface area contributed by atoms with Crippen LogP contribution in [0.5, 0.6) is 11.5 Å². The van der Waals surface area contributed by atoms with Gasteiger partial charge in [-0.15, -0.1) is 18.2 Å². The Morgan fingerprint density at radius 2 is 1.61 bits per heavy atom. The Hall–Kier alpha value is -4.94. The van der Waals surface area contributed by atoms with Crippen molar-refractivity contribution in [2.24, 2.45) is 29.1 Å². The van der Waals surface area contributed by atoms with Crippen LogP contribution in [0.2, 0.25) is 0 Å². The fraction of sp³-hybridized carbons (Fsp3) is 0.550. The molecule has 4 aliphatic rings. The molecule has 7 rings (SSSR count). The molecule has 3 aliphatic carbocycles. The molecule has 1 aliphatic heterocycles. The number of carbonyl (C=O) groups excluding carboxylic acids is 3. The third kappa shape index (κ3) is 14.0. The first kappa shape index (κ1) is 58.7. The van der Waals surface area contributed by atoms with E-state index in [1.807, 2.05) is 87.5 Å². The minimum atomic E-state index is -1.72. The average Bonchev–Trinajstić information content (AvgIpc) is 3.97. The van der Waals surface area contributed by atoms with Gasteiger partial charge in [-0.25, -0.2) is 0 Å². The van der Waals surface area contributed by atoms with E-state index >= 15 is 0 Å². The number of nitrogens with zero attached hydrogens (tertiary/aromatic N) is 1. The molecule has 16 heteroatoms. The molecular weight excluding hydrogens is 994 g/mol. The van der Waals surface area contributed by atoms with Gasteiger partial charge in [-0.05, 0) is 124 Å². The fourth-order valence-electron chi connectivity index (χ4n) is 11.2. The van der Waals surface area contributed by atoms with E-state index in [-0.39, 0.29) is 61.5 Å². The van der Waals surface area contributed by atoms with Crippen LogP contribution in [-0.4, -0.2) is 126 Å². The molecule has 2 fully saturated rings. The third-order valence-electron chi connectivity index (χ3n) is 15.8. The lowest BCUT2D eigenvalue weighted by molar-refractivity contribution is -0.320. The number of rotatable bonds is 23. The number of aryl methyl sites for hydroxylation is 1. The number of unbranched alkanes of at least 4 members (excludes halogenated alkanes) is 1. The summed E-state index contributed by atoms with van der Waals surface area (Å²) in [5.41, 5.74) is 3.28. The molecule has 0 spiro atoms. The number of aliphatic hydroxyl groups excluding tert-OH is 4. The zero-order chi connectivity index (χ0) is 54.9. The van der Waals surface area contributed by atoms with Gasteiger partial charge in [0.2, 0.25) is 5.91 Å². The van der Waals surface area contributed by atoms with Crippen LogP contribution in [-0.2, 0) is 55.8 Å². The lowest BCUT2D eigenvalue weighted by atomic mass is 9.68. The molecule has 76 heavy (non-hydrogen) atoms. The molecular formula is C60H78ClNO14. The maximum Gasteiger partial charge on any atom is 0.306 e. The summed E-state index contributed by atoms with van der Waals surface area (Å²) in [5.74, 6) is -0.943. The summed E-state index contributed by atoms with van der Waals surface area (Å²) in [5, 5.41) is 48.6. The van der Waals surface area contributed by atoms with Crippen molar-refractivity contribution < 1.29 is 68.0 Å². The molecule has 5 unspecified atom stereocenters. The van der Waals surface area contributed by atoms with E-state index in [0.29, 0.717) is 55.2 Å². The summed E-state index contributed by atoms with van der Waals surface area (Å²) in [6.07, 6.45) is -3.43. The molecule has 4 N–H and O–H groups in total. The number of anilines is 1. The molecule has 0 bridgehead atoms. The van der Waals surface area contributed by atoms with Gasteiger partial charge in [-0.2, -0.15) is 0 Å². The second-order valence-electron chi connectivity index (χ2n) is 21.7. The second kappa shape index (κ2) is 26.1. The highest BCUT2D eigenvalue weighted by atomic mass is 35.5. The number of hydrogen-bond donors (Lipinski definition) is 4. The predicted molar refractivity (Wildman–Crippen MR) is 287 cm³/mol. The minimum Gasteiger partial charge on any atom is -0.465 e. The Morgan fingerprint density at radius 3 is 2.25 bits per heavy atom. The van der Waals surface area contributed by atoms with Gasteiger partial charge in [-0.3, -0.25) is 14.4 Å². The van der Waals surface area contributed by atoms with Gasteiger partial charge < -0.3 is 58.5 Å². The lowest BCUT2D eigenvalue weighted by Crippen LogP contribution is -2.62. The largest absolute Gasteiger partial charge is 0.465 e. The second-order valence-corrected chi connectivity index (χ2v) is 21.9. The average molecular weight is 1070 g/mol.